The molecule has 0 saturated carbocycles. The summed E-state index contributed by atoms with van der Waals surface area (Å²) in [5, 5.41) is 0.363. The molecule has 2 nitrogen and oxygen atoms in total. The molecule has 1 saturated heterocycles. The van der Waals surface area contributed by atoms with Crippen molar-refractivity contribution in [3.8, 4) is 5.75 Å². The minimum atomic E-state index is 0.363. The van der Waals surface area contributed by atoms with Gasteiger partial charge in [0.15, 0.2) is 0 Å². The SMILES string of the molecule is COc1ccc(CCN2CCC(Cl)C(C)C2)cc1. The predicted molar refractivity (Wildman–Crippen MR) is 76.6 cm³/mol. The molecule has 1 aromatic rings. The van der Waals surface area contributed by atoms with Gasteiger partial charge in [0, 0.05) is 18.5 Å². The molecule has 1 aliphatic rings. The molecule has 1 fully saturated rings. The second-order valence-corrected chi connectivity index (χ2v) is 5.74. The van der Waals surface area contributed by atoms with Crippen LogP contribution in [0.15, 0.2) is 24.3 Å². The monoisotopic (exact) mass is 267 g/mol. The van der Waals surface area contributed by atoms with Gasteiger partial charge in [0.2, 0.25) is 0 Å². The van der Waals surface area contributed by atoms with Gasteiger partial charge in [0.25, 0.3) is 0 Å². The van der Waals surface area contributed by atoms with Crippen LogP contribution in [0.5, 0.6) is 5.75 Å². The lowest BCUT2D eigenvalue weighted by atomic mass is 9.99. The largest absolute Gasteiger partial charge is 0.497 e. The number of rotatable bonds is 4. The number of alkyl halides is 1. The summed E-state index contributed by atoms with van der Waals surface area (Å²) in [6.45, 7) is 5.64. The van der Waals surface area contributed by atoms with E-state index in [-0.39, 0.29) is 0 Å². The van der Waals surface area contributed by atoms with E-state index in [0.29, 0.717) is 11.3 Å². The first-order chi connectivity index (χ1) is 8.69. The average molecular weight is 268 g/mol. The molecule has 0 N–H and O–H groups in total. The molecule has 2 unspecified atom stereocenters. The van der Waals surface area contributed by atoms with E-state index in [0.717, 1.165) is 38.2 Å². The highest BCUT2D eigenvalue weighted by atomic mass is 35.5. The zero-order valence-corrected chi connectivity index (χ0v) is 12.0. The van der Waals surface area contributed by atoms with E-state index in [1.165, 1.54) is 5.56 Å². The molecule has 100 valence electrons. The third-order valence-corrected chi connectivity index (χ3v) is 4.41. The molecular weight excluding hydrogens is 246 g/mol. The van der Waals surface area contributed by atoms with Gasteiger partial charge in [-0.2, -0.15) is 0 Å². The average Bonchev–Trinajstić information content (AvgIpc) is 2.41. The Kier molecular flexibility index (Phi) is 4.90. The van der Waals surface area contributed by atoms with E-state index in [1.807, 2.05) is 12.1 Å². The normalized spacial score (nSPS) is 25.1. The summed E-state index contributed by atoms with van der Waals surface area (Å²) in [6, 6.07) is 8.36. The summed E-state index contributed by atoms with van der Waals surface area (Å²) in [5.74, 6) is 1.53. The lowest BCUT2D eigenvalue weighted by Crippen LogP contribution is -2.40. The van der Waals surface area contributed by atoms with Gasteiger partial charge in [-0.1, -0.05) is 19.1 Å². The van der Waals surface area contributed by atoms with E-state index < -0.39 is 0 Å². The van der Waals surface area contributed by atoms with Crippen LogP contribution in [0.1, 0.15) is 18.9 Å². The summed E-state index contributed by atoms with van der Waals surface area (Å²) in [7, 11) is 1.70. The zero-order valence-electron chi connectivity index (χ0n) is 11.2. The molecular formula is C15H22ClNO. The number of methoxy groups -OCH3 is 1. The van der Waals surface area contributed by atoms with Gasteiger partial charge in [0.1, 0.15) is 5.75 Å². The predicted octanol–water partition coefficient (Wildman–Crippen LogP) is 3.19. The van der Waals surface area contributed by atoms with Crippen molar-refractivity contribution in [3.05, 3.63) is 29.8 Å². The highest BCUT2D eigenvalue weighted by molar-refractivity contribution is 6.20. The molecule has 18 heavy (non-hydrogen) atoms. The quantitative estimate of drug-likeness (QED) is 0.777. The molecule has 1 aliphatic heterocycles. The van der Waals surface area contributed by atoms with E-state index in [4.69, 9.17) is 16.3 Å². The molecule has 1 aromatic carbocycles. The maximum Gasteiger partial charge on any atom is 0.118 e. The van der Waals surface area contributed by atoms with Crippen molar-refractivity contribution >= 4 is 11.6 Å². The molecule has 3 heteroatoms. The van der Waals surface area contributed by atoms with Crippen LogP contribution >= 0.6 is 11.6 Å². The van der Waals surface area contributed by atoms with Gasteiger partial charge in [0.05, 0.1) is 7.11 Å². The number of hydrogen-bond acceptors (Lipinski definition) is 2. The fourth-order valence-corrected chi connectivity index (χ4v) is 2.66. The van der Waals surface area contributed by atoms with Gasteiger partial charge < -0.3 is 9.64 Å². The Balaban J connectivity index is 1.80. The van der Waals surface area contributed by atoms with E-state index in [1.54, 1.807) is 7.11 Å². The van der Waals surface area contributed by atoms with Gasteiger partial charge in [-0.3, -0.25) is 0 Å². The minimum absolute atomic E-state index is 0.363. The second-order valence-electron chi connectivity index (χ2n) is 5.18. The Bertz CT molecular complexity index is 365. The van der Waals surface area contributed by atoms with Crippen LogP contribution in [-0.4, -0.2) is 37.0 Å². The second kappa shape index (κ2) is 6.44. The summed E-state index contributed by atoms with van der Waals surface area (Å²) in [5.41, 5.74) is 1.37. The summed E-state index contributed by atoms with van der Waals surface area (Å²) < 4.78 is 5.16. The Morgan fingerprint density at radius 3 is 2.67 bits per heavy atom. The summed E-state index contributed by atoms with van der Waals surface area (Å²) >= 11 is 6.24. The molecule has 1 heterocycles. The van der Waals surface area contributed by atoms with Crippen LogP contribution in [0.3, 0.4) is 0 Å². The van der Waals surface area contributed by atoms with Crippen LogP contribution < -0.4 is 4.74 Å². The van der Waals surface area contributed by atoms with Crippen molar-refractivity contribution in [2.45, 2.75) is 25.1 Å². The molecule has 2 rings (SSSR count). The Morgan fingerprint density at radius 1 is 1.33 bits per heavy atom. The van der Waals surface area contributed by atoms with Crippen LogP contribution in [0.25, 0.3) is 0 Å². The molecule has 0 aromatic heterocycles. The van der Waals surface area contributed by atoms with Gasteiger partial charge in [-0.15, -0.1) is 11.6 Å². The molecule has 0 radical (unpaired) electrons. The van der Waals surface area contributed by atoms with Crippen molar-refractivity contribution < 1.29 is 4.74 Å². The zero-order chi connectivity index (χ0) is 13.0. The highest BCUT2D eigenvalue weighted by Crippen LogP contribution is 2.22. The van der Waals surface area contributed by atoms with Gasteiger partial charge in [-0.25, -0.2) is 0 Å². The van der Waals surface area contributed by atoms with Crippen LogP contribution in [0, 0.1) is 5.92 Å². The van der Waals surface area contributed by atoms with Crippen molar-refractivity contribution in [1.82, 2.24) is 4.90 Å². The van der Waals surface area contributed by atoms with E-state index in [9.17, 15) is 0 Å². The molecule has 0 aliphatic carbocycles. The fraction of sp³-hybridized carbons (Fsp3) is 0.600. The topological polar surface area (TPSA) is 12.5 Å². The standard InChI is InChI=1S/C15H22ClNO/c1-12-11-17(10-8-15(12)16)9-7-13-3-5-14(18-2)6-4-13/h3-6,12,15H,7-11H2,1-2H3. The fourth-order valence-electron chi connectivity index (χ4n) is 2.49. The number of hydrogen-bond donors (Lipinski definition) is 0. The maximum absolute atomic E-state index is 6.24. The van der Waals surface area contributed by atoms with Crippen LogP contribution in [0.2, 0.25) is 0 Å². The van der Waals surface area contributed by atoms with Crippen molar-refractivity contribution in [2.75, 3.05) is 26.7 Å². The number of halogens is 1. The molecule has 2 atom stereocenters. The van der Waals surface area contributed by atoms with Gasteiger partial charge >= 0.3 is 0 Å². The van der Waals surface area contributed by atoms with E-state index in [2.05, 4.69) is 24.0 Å². The lowest BCUT2D eigenvalue weighted by Gasteiger charge is -2.34. The van der Waals surface area contributed by atoms with Crippen LogP contribution in [-0.2, 0) is 6.42 Å². The Hall–Kier alpha value is -0.730. The van der Waals surface area contributed by atoms with Crippen molar-refractivity contribution in [2.24, 2.45) is 5.92 Å². The Morgan fingerprint density at radius 2 is 2.06 bits per heavy atom. The molecule has 0 amide bonds. The molecule has 0 spiro atoms. The highest BCUT2D eigenvalue weighted by Gasteiger charge is 2.23. The number of nitrogens with zero attached hydrogens (tertiary/aromatic N) is 1. The third kappa shape index (κ3) is 3.63. The smallest absolute Gasteiger partial charge is 0.118 e. The summed E-state index contributed by atoms with van der Waals surface area (Å²) in [4.78, 5) is 2.52. The third-order valence-electron chi connectivity index (χ3n) is 3.76. The van der Waals surface area contributed by atoms with Gasteiger partial charge in [-0.05, 0) is 43.0 Å². The van der Waals surface area contributed by atoms with E-state index >= 15 is 0 Å². The maximum atomic E-state index is 6.24. The number of likely N-dealkylation sites (tertiary alicyclic amines) is 1. The summed E-state index contributed by atoms with van der Waals surface area (Å²) in [6.07, 6.45) is 2.22. The first-order valence-corrected chi connectivity index (χ1v) is 7.12. The number of ether oxygens (including phenoxy) is 1. The minimum Gasteiger partial charge on any atom is -0.497 e. The first-order valence-electron chi connectivity index (χ1n) is 6.68. The first kappa shape index (κ1) is 13.7. The lowest BCUT2D eigenvalue weighted by molar-refractivity contribution is 0.189. The number of piperidine rings is 1. The van der Waals surface area contributed by atoms with Crippen LogP contribution in [0.4, 0.5) is 0 Å². The molecule has 0 bridgehead atoms. The van der Waals surface area contributed by atoms with Crippen molar-refractivity contribution in [1.29, 1.82) is 0 Å². The van der Waals surface area contributed by atoms with Crippen molar-refractivity contribution in [3.63, 3.8) is 0 Å². The number of benzene rings is 1. The Labute approximate surface area is 115 Å².